The zero-order valence-electron chi connectivity index (χ0n) is 9.83. The molecule has 0 aliphatic carbocycles. The number of amides is 4. The standard InChI is InChI=1S/C11H10N2O6.CH4/c14-7-1-2-8(15)12(7)6-5-11(18)19-13-9(16)3-4-10(13)17;/h1-2H,3-6H2;1H4. The van der Waals surface area contributed by atoms with Gasteiger partial charge in [0.25, 0.3) is 23.6 Å². The first-order valence-corrected chi connectivity index (χ1v) is 5.59. The Morgan fingerprint density at radius 1 is 1.05 bits per heavy atom. The fourth-order valence-electron chi connectivity index (χ4n) is 1.66. The third kappa shape index (κ3) is 3.08. The molecule has 0 aromatic rings. The topological polar surface area (TPSA) is 101 Å². The van der Waals surface area contributed by atoms with E-state index in [9.17, 15) is 24.0 Å². The zero-order chi connectivity index (χ0) is 14.0. The average Bonchev–Trinajstić information content (AvgIpc) is 2.84. The Morgan fingerprint density at radius 3 is 2.05 bits per heavy atom. The summed E-state index contributed by atoms with van der Waals surface area (Å²) in [6.07, 6.45) is 1.94. The fourth-order valence-corrected chi connectivity index (χ4v) is 1.66. The van der Waals surface area contributed by atoms with Crippen LogP contribution in [0, 0.1) is 0 Å². The van der Waals surface area contributed by atoms with Gasteiger partial charge in [-0.25, -0.2) is 4.79 Å². The summed E-state index contributed by atoms with van der Waals surface area (Å²) in [5.41, 5.74) is 0. The molecular weight excluding hydrogens is 268 g/mol. The lowest BCUT2D eigenvalue weighted by Gasteiger charge is -2.15. The molecule has 2 aliphatic rings. The van der Waals surface area contributed by atoms with Crippen molar-refractivity contribution in [3.8, 4) is 0 Å². The molecule has 8 nitrogen and oxygen atoms in total. The number of nitrogens with zero attached hydrogens (tertiary/aromatic N) is 2. The van der Waals surface area contributed by atoms with E-state index in [1.54, 1.807) is 0 Å². The number of carbonyl (C=O) groups is 5. The van der Waals surface area contributed by atoms with E-state index < -0.39 is 29.6 Å². The first-order chi connectivity index (χ1) is 8.99. The second-order valence-electron chi connectivity index (χ2n) is 3.96. The average molecular weight is 282 g/mol. The first-order valence-electron chi connectivity index (χ1n) is 5.59. The molecule has 108 valence electrons. The summed E-state index contributed by atoms with van der Waals surface area (Å²) < 4.78 is 0. The largest absolute Gasteiger partial charge is 0.335 e. The Bertz CT molecular complexity index is 476. The zero-order valence-corrected chi connectivity index (χ0v) is 9.83. The minimum absolute atomic E-state index is 0. The van der Waals surface area contributed by atoms with Crippen LogP contribution in [-0.2, 0) is 28.8 Å². The Hall–Kier alpha value is -2.51. The lowest BCUT2D eigenvalue weighted by Crippen LogP contribution is -2.35. The molecule has 2 rings (SSSR count). The fraction of sp³-hybridized carbons (Fsp3) is 0.417. The van der Waals surface area contributed by atoms with E-state index in [0.29, 0.717) is 5.06 Å². The van der Waals surface area contributed by atoms with Gasteiger partial charge in [0.15, 0.2) is 0 Å². The van der Waals surface area contributed by atoms with Crippen molar-refractivity contribution < 1.29 is 28.8 Å². The molecular formula is C12H14N2O6. The lowest BCUT2D eigenvalue weighted by atomic mass is 10.4. The third-order valence-corrected chi connectivity index (χ3v) is 2.64. The van der Waals surface area contributed by atoms with Crippen LogP contribution in [0.15, 0.2) is 12.2 Å². The number of carbonyl (C=O) groups excluding carboxylic acids is 5. The molecule has 0 saturated carbocycles. The minimum Gasteiger partial charge on any atom is -0.330 e. The van der Waals surface area contributed by atoms with E-state index in [1.807, 2.05) is 0 Å². The summed E-state index contributed by atoms with van der Waals surface area (Å²) in [4.78, 5) is 61.6. The van der Waals surface area contributed by atoms with Crippen LogP contribution in [0.2, 0.25) is 0 Å². The van der Waals surface area contributed by atoms with E-state index >= 15 is 0 Å². The smallest absolute Gasteiger partial charge is 0.330 e. The van der Waals surface area contributed by atoms with Crippen LogP contribution in [0.4, 0.5) is 0 Å². The van der Waals surface area contributed by atoms with Crippen molar-refractivity contribution in [2.24, 2.45) is 0 Å². The molecule has 0 bridgehead atoms. The molecule has 0 aromatic carbocycles. The highest BCUT2D eigenvalue weighted by molar-refractivity contribution is 6.13. The van der Waals surface area contributed by atoms with Gasteiger partial charge in [-0.15, -0.1) is 5.06 Å². The van der Waals surface area contributed by atoms with Crippen LogP contribution in [-0.4, -0.2) is 46.1 Å². The van der Waals surface area contributed by atoms with Crippen molar-refractivity contribution in [3.05, 3.63) is 12.2 Å². The normalized spacial score (nSPS) is 17.8. The molecule has 1 fully saturated rings. The number of hydrogen-bond acceptors (Lipinski definition) is 6. The van der Waals surface area contributed by atoms with Gasteiger partial charge in [-0.05, 0) is 0 Å². The molecule has 8 heteroatoms. The van der Waals surface area contributed by atoms with Crippen LogP contribution >= 0.6 is 0 Å². The van der Waals surface area contributed by atoms with Gasteiger partial charge in [-0.1, -0.05) is 7.43 Å². The van der Waals surface area contributed by atoms with Gasteiger partial charge < -0.3 is 4.84 Å². The maximum atomic E-state index is 11.4. The van der Waals surface area contributed by atoms with Crippen molar-refractivity contribution in [2.75, 3.05) is 6.54 Å². The highest BCUT2D eigenvalue weighted by atomic mass is 16.7. The van der Waals surface area contributed by atoms with Gasteiger partial charge in [0, 0.05) is 31.5 Å². The highest BCUT2D eigenvalue weighted by Crippen LogP contribution is 2.13. The van der Waals surface area contributed by atoms with Crippen molar-refractivity contribution >= 4 is 29.6 Å². The van der Waals surface area contributed by atoms with Gasteiger partial charge in [0.2, 0.25) is 0 Å². The van der Waals surface area contributed by atoms with Gasteiger partial charge in [0.05, 0.1) is 6.42 Å². The van der Waals surface area contributed by atoms with Crippen molar-refractivity contribution in [3.63, 3.8) is 0 Å². The van der Waals surface area contributed by atoms with Gasteiger partial charge in [0.1, 0.15) is 0 Å². The SMILES string of the molecule is C.O=C(CCN1C(=O)C=CC1=O)ON1C(=O)CCC1=O. The van der Waals surface area contributed by atoms with E-state index in [0.717, 1.165) is 17.1 Å². The first kappa shape index (κ1) is 15.5. The van der Waals surface area contributed by atoms with Crippen LogP contribution in [0.5, 0.6) is 0 Å². The summed E-state index contributed by atoms with van der Waals surface area (Å²) in [6.45, 7) is -0.153. The molecule has 0 spiro atoms. The second kappa shape index (κ2) is 6.09. The van der Waals surface area contributed by atoms with E-state index in [-0.39, 0.29) is 33.2 Å². The molecule has 4 amide bonds. The number of hydrogen-bond donors (Lipinski definition) is 0. The van der Waals surface area contributed by atoms with Gasteiger partial charge >= 0.3 is 5.97 Å². The van der Waals surface area contributed by atoms with E-state index in [2.05, 4.69) is 4.84 Å². The predicted molar refractivity (Wildman–Crippen MR) is 64.4 cm³/mol. The van der Waals surface area contributed by atoms with Gasteiger partial charge in [-0.3, -0.25) is 24.1 Å². The maximum Gasteiger partial charge on any atom is 0.335 e. The number of hydroxylamine groups is 2. The minimum atomic E-state index is -0.851. The monoisotopic (exact) mass is 282 g/mol. The second-order valence-corrected chi connectivity index (χ2v) is 3.96. The molecule has 0 atom stereocenters. The van der Waals surface area contributed by atoms with E-state index in [4.69, 9.17) is 0 Å². The lowest BCUT2D eigenvalue weighted by molar-refractivity contribution is -0.197. The Labute approximate surface area is 114 Å². The number of imide groups is 2. The van der Waals surface area contributed by atoms with Crippen LogP contribution < -0.4 is 0 Å². The molecule has 2 heterocycles. The summed E-state index contributed by atoms with van der Waals surface area (Å²) in [5.74, 6) is -3.02. The molecule has 0 radical (unpaired) electrons. The predicted octanol–water partition coefficient (Wildman–Crippen LogP) is -0.455. The van der Waals surface area contributed by atoms with Crippen molar-refractivity contribution in [1.29, 1.82) is 0 Å². The molecule has 0 N–H and O–H groups in total. The Kier molecular flexibility index (Phi) is 4.73. The maximum absolute atomic E-state index is 11.4. The third-order valence-electron chi connectivity index (χ3n) is 2.64. The molecule has 0 aromatic heterocycles. The Balaban J connectivity index is 0.00000200. The van der Waals surface area contributed by atoms with Crippen LogP contribution in [0.3, 0.4) is 0 Å². The highest BCUT2D eigenvalue weighted by Gasteiger charge is 2.33. The van der Waals surface area contributed by atoms with Crippen molar-refractivity contribution in [2.45, 2.75) is 26.7 Å². The van der Waals surface area contributed by atoms with Crippen LogP contribution in [0.25, 0.3) is 0 Å². The number of rotatable bonds is 4. The molecule has 1 saturated heterocycles. The summed E-state index contributed by atoms with van der Waals surface area (Å²) >= 11 is 0. The summed E-state index contributed by atoms with van der Waals surface area (Å²) in [5, 5.41) is 0.425. The summed E-state index contributed by atoms with van der Waals surface area (Å²) in [7, 11) is 0. The van der Waals surface area contributed by atoms with E-state index in [1.165, 1.54) is 0 Å². The van der Waals surface area contributed by atoms with Crippen molar-refractivity contribution in [1.82, 2.24) is 9.96 Å². The molecule has 2 aliphatic heterocycles. The quantitative estimate of drug-likeness (QED) is 0.647. The Morgan fingerprint density at radius 2 is 1.55 bits per heavy atom. The summed E-state index contributed by atoms with van der Waals surface area (Å²) in [6, 6.07) is 0. The van der Waals surface area contributed by atoms with Gasteiger partial charge in [-0.2, -0.15) is 0 Å². The van der Waals surface area contributed by atoms with Crippen LogP contribution in [0.1, 0.15) is 26.7 Å². The molecule has 0 unspecified atom stereocenters. The molecule has 20 heavy (non-hydrogen) atoms.